The Balaban J connectivity index is 2.79. The molecule has 0 aliphatic heterocycles. The van der Waals surface area contributed by atoms with Crippen LogP contribution in [0.4, 0.5) is 5.69 Å². The van der Waals surface area contributed by atoms with E-state index < -0.39 is 0 Å². The minimum atomic E-state index is 0.733. The number of pyridine rings is 1. The molecule has 0 atom stereocenters. The molecule has 2 aromatic rings. The molecule has 66 valence electrons. The zero-order valence-corrected chi connectivity index (χ0v) is 7.32. The van der Waals surface area contributed by atoms with Crippen molar-refractivity contribution in [2.75, 3.05) is 12.8 Å². The van der Waals surface area contributed by atoms with Crippen LogP contribution in [0.3, 0.4) is 0 Å². The molecule has 0 unspecified atom stereocenters. The first-order valence-corrected chi connectivity index (χ1v) is 3.98. The maximum absolute atomic E-state index is 5.67. The smallest absolute Gasteiger partial charge is 0.145 e. The van der Waals surface area contributed by atoms with E-state index in [1.807, 2.05) is 18.2 Å². The van der Waals surface area contributed by atoms with E-state index >= 15 is 0 Å². The van der Waals surface area contributed by atoms with Crippen molar-refractivity contribution in [3.63, 3.8) is 0 Å². The van der Waals surface area contributed by atoms with Crippen molar-refractivity contribution in [1.82, 2.24) is 4.98 Å². The Kier molecular flexibility index (Phi) is 1.77. The van der Waals surface area contributed by atoms with Crippen molar-refractivity contribution in [3.8, 4) is 5.75 Å². The summed E-state index contributed by atoms with van der Waals surface area (Å²) in [6, 6.07) is 5.67. The first kappa shape index (κ1) is 7.86. The monoisotopic (exact) mass is 174 g/mol. The van der Waals surface area contributed by atoms with E-state index in [2.05, 4.69) is 4.98 Å². The van der Waals surface area contributed by atoms with Crippen LogP contribution < -0.4 is 10.5 Å². The average molecular weight is 174 g/mol. The first-order chi connectivity index (χ1) is 6.31. The molecule has 13 heavy (non-hydrogen) atoms. The number of methoxy groups -OCH3 is 1. The molecule has 1 aromatic carbocycles. The molecule has 1 aromatic heterocycles. The van der Waals surface area contributed by atoms with Crippen LogP contribution in [0, 0.1) is 0 Å². The van der Waals surface area contributed by atoms with Crippen LogP contribution in [-0.2, 0) is 0 Å². The Bertz CT molecular complexity index is 440. The predicted molar refractivity (Wildman–Crippen MR) is 52.7 cm³/mol. The molecule has 0 bridgehead atoms. The molecule has 2 N–H and O–H groups in total. The van der Waals surface area contributed by atoms with Gasteiger partial charge < -0.3 is 10.5 Å². The van der Waals surface area contributed by atoms with Crippen LogP contribution in [0.1, 0.15) is 0 Å². The first-order valence-electron chi connectivity index (χ1n) is 3.98. The van der Waals surface area contributed by atoms with Crippen molar-refractivity contribution in [2.45, 2.75) is 0 Å². The van der Waals surface area contributed by atoms with Gasteiger partial charge in [0, 0.05) is 22.7 Å². The van der Waals surface area contributed by atoms with Gasteiger partial charge in [0.2, 0.25) is 0 Å². The number of anilines is 1. The van der Waals surface area contributed by atoms with E-state index in [1.54, 1.807) is 19.5 Å². The van der Waals surface area contributed by atoms with E-state index in [1.165, 1.54) is 0 Å². The van der Waals surface area contributed by atoms with Crippen molar-refractivity contribution in [2.24, 2.45) is 0 Å². The Hall–Kier alpha value is -1.77. The minimum Gasteiger partial charge on any atom is -0.494 e. The number of hydrogen-bond acceptors (Lipinski definition) is 3. The Morgan fingerprint density at radius 1 is 1.31 bits per heavy atom. The van der Waals surface area contributed by atoms with Crippen LogP contribution in [0.2, 0.25) is 0 Å². The molecule has 0 spiro atoms. The molecule has 1 heterocycles. The number of nitrogens with zero attached hydrogens (tertiary/aromatic N) is 1. The van der Waals surface area contributed by atoms with Gasteiger partial charge in [-0.2, -0.15) is 0 Å². The molecule has 2 rings (SSSR count). The summed E-state index contributed by atoms with van der Waals surface area (Å²) >= 11 is 0. The predicted octanol–water partition coefficient (Wildman–Crippen LogP) is 1.83. The number of aromatic nitrogens is 1. The molecular formula is C10H10N2O. The molecule has 0 radical (unpaired) electrons. The normalized spacial score (nSPS) is 10.2. The highest BCUT2D eigenvalue weighted by Gasteiger charge is 2.00. The molecule has 0 fully saturated rings. The topological polar surface area (TPSA) is 48.1 Å². The highest BCUT2D eigenvalue weighted by atomic mass is 16.5. The van der Waals surface area contributed by atoms with Gasteiger partial charge in [0.25, 0.3) is 0 Å². The van der Waals surface area contributed by atoms with Gasteiger partial charge in [-0.15, -0.1) is 0 Å². The van der Waals surface area contributed by atoms with Crippen molar-refractivity contribution in [1.29, 1.82) is 0 Å². The molecule has 0 amide bonds. The number of rotatable bonds is 1. The summed E-state index contributed by atoms with van der Waals surface area (Å²) < 4.78 is 5.16. The molecule has 0 aliphatic carbocycles. The Morgan fingerprint density at radius 2 is 2.15 bits per heavy atom. The van der Waals surface area contributed by atoms with E-state index in [9.17, 15) is 0 Å². The molecule has 3 heteroatoms. The van der Waals surface area contributed by atoms with Gasteiger partial charge >= 0.3 is 0 Å². The van der Waals surface area contributed by atoms with Crippen LogP contribution >= 0.6 is 0 Å². The van der Waals surface area contributed by atoms with Gasteiger partial charge in [-0.25, -0.2) is 0 Å². The zero-order valence-electron chi connectivity index (χ0n) is 7.32. The molecule has 0 aliphatic rings. The minimum absolute atomic E-state index is 0.733. The highest BCUT2D eigenvalue weighted by Crippen LogP contribution is 2.25. The second-order valence-electron chi connectivity index (χ2n) is 2.82. The number of benzene rings is 1. The number of ether oxygens (including phenoxy) is 1. The summed E-state index contributed by atoms with van der Waals surface area (Å²) in [5.41, 5.74) is 6.40. The summed E-state index contributed by atoms with van der Waals surface area (Å²) in [4.78, 5) is 4.05. The maximum atomic E-state index is 5.67. The van der Waals surface area contributed by atoms with E-state index in [0.717, 1.165) is 22.2 Å². The maximum Gasteiger partial charge on any atom is 0.145 e. The fraction of sp³-hybridized carbons (Fsp3) is 0.100. The van der Waals surface area contributed by atoms with Gasteiger partial charge in [-0.1, -0.05) is 6.07 Å². The quantitative estimate of drug-likeness (QED) is 0.671. The molecule has 0 saturated heterocycles. The number of nitrogen functional groups attached to an aromatic ring is 1. The average Bonchev–Trinajstić information content (AvgIpc) is 2.17. The third-order valence-corrected chi connectivity index (χ3v) is 1.97. The van der Waals surface area contributed by atoms with E-state index in [4.69, 9.17) is 10.5 Å². The Labute approximate surface area is 76.2 Å². The Morgan fingerprint density at radius 3 is 2.92 bits per heavy atom. The summed E-state index contributed by atoms with van der Waals surface area (Å²) in [5.74, 6) is 0.754. The fourth-order valence-electron chi connectivity index (χ4n) is 1.32. The molecule has 3 nitrogen and oxygen atoms in total. The van der Waals surface area contributed by atoms with Gasteiger partial charge in [0.1, 0.15) is 5.75 Å². The van der Waals surface area contributed by atoms with E-state index in [-0.39, 0.29) is 0 Å². The van der Waals surface area contributed by atoms with Crippen LogP contribution in [0.15, 0.2) is 30.6 Å². The lowest BCUT2D eigenvalue weighted by atomic mass is 10.1. The largest absolute Gasteiger partial charge is 0.494 e. The van der Waals surface area contributed by atoms with E-state index in [0.29, 0.717) is 0 Å². The number of fused-ring (bicyclic) bond motifs is 1. The molecular weight excluding hydrogens is 164 g/mol. The lowest BCUT2D eigenvalue weighted by Gasteiger charge is -2.04. The standard InChI is InChI=1S/C10H10N2O/c1-13-10-6-12-5-7-2-3-8(11)4-9(7)10/h2-6H,11H2,1H3. The molecule has 0 saturated carbocycles. The number of hydrogen-bond donors (Lipinski definition) is 1. The van der Waals surface area contributed by atoms with Crippen molar-refractivity contribution >= 4 is 16.5 Å². The summed E-state index contributed by atoms with van der Waals surface area (Å²) in [6.07, 6.45) is 3.47. The van der Waals surface area contributed by atoms with Crippen LogP contribution in [-0.4, -0.2) is 12.1 Å². The van der Waals surface area contributed by atoms with Crippen molar-refractivity contribution in [3.05, 3.63) is 30.6 Å². The van der Waals surface area contributed by atoms with Gasteiger partial charge in [0.15, 0.2) is 0 Å². The highest BCUT2D eigenvalue weighted by molar-refractivity contribution is 5.89. The van der Waals surface area contributed by atoms with Gasteiger partial charge in [0.05, 0.1) is 13.3 Å². The van der Waals surface area contributed by atoms with Crippen LogP contribution in [0.25, 0.3) is 10.8 Å². The zero-order chi connectivity index (χ0) is 9.26. The second-order valence-corrected chi connectivity index (χ2v) is 2.82. The lowest BCUT2D eigenvalue weighted by molar-refractivity contribution is 0.418. The van der Waals surface area contributed by atoms with Gasteiger partial charge in [-0.05, 0) is 12.1 Å². The number of nitrogens with two attached hydrogens (primary N) is 1. The lowest BCUT2D eigenvalue weighted by Crippen LogP contribution is -1.89. The fourth-order valence-corrected chi connectivity index (χ4v) is 1.32. The third kappa shape index (κ3) is 1.28. The summed E-state index contributed by atoms with van der Waals surface area (Å²) in [5, 5.41) is 2.03. The second kappa shape index (κ2) is 2.94. The van der Waals surface area contributed by atoms with Crippen molar-refractivity contribution < 1.29 is 4.74 Å². The third-order valence-electron chi connectivity index (χ3n) is 1.97. The SMILES string of the molecule is COc1cncc2ccc(N)cc12. The summed E-state index contributed by atoms with van der Waals surface area (Å²) in [7, 11) is 1.62. The summed E-state index contributed by atoms with van der Waals surface area (Å²) in [6.45, 7) is 0. The van der Waals surface area contributed by atoms with Crippen LogP contribution in [0.5, 0.6) is 5.75 Å². The van der Waals surface area contributed by atoms with Gasteiger partial charge in [-0.3, -0.25) is 4.98 Å².